The van der Waals surface area contributed by atoms with Crippen molar-refractivity contribution in [3.05, 3.63) is 33.8 Å². The SMILES string of the molecule is CC(C)C[C@H](NC(=O)CNC(=O)c1cc(Cl)ccc1Cl)B1OC2CC3C(=O)NC(=O)C3CC2(C)O1. The Kier molecular flexibility index (Phi) is 7.47. The number of carbonyl (C=O) groups excluding carboxylic acids is 4. The van der Waals surface area contributed by atoms with Crippen molar-refractivity contribution in [2.45, 2.75) is 57.7 Å². The van der Waals surface area contributed by atoms with Gasteiger partial charge in [-0.3, -0.25) is 24.5 Å². The van der Waals surface area contributed by atoms with Gasteiger partial charge < -0.3 is 19.9 Å². The van der Waals surface area contributed by atoms with Crippen molar-refractivity contribution in [3.8, 4) is 0 Å². The van der Waals surface area contributed by atoms with E-state index in [9.17, 15) is 19.2 Å². The van der Waals surface area contributed by atoms with E-state index in [1.807, 2.05) is 20.8 Å². The summed E-state index contributed by atoms with van der Waals surface area (Å²) < 4.78 is 12.5. The summed E-state index contributed by atoms with van der Waals surface area (Å²) in [6.07, 6.45) is 0.949. The van der Waals surface area contributed by atoms with Crippen LogP contribution in [0.5, 0.6) is 0 Å². The van der Waals surface area contributed by atoms with Crippen LogP contribution >= 0.6 is 23.2 Å². The number of carbonyl (C=O) groups is 4. The average molecular weight is 524 g/mol. The lowest BCUT2D eigenvalue weighted by molar-refractivity contribution is -0.127. The topological polar surface area (TPSA) is 123 Å². The molecule has 4 rings (SSSR count). The molecule has 2 aliphatic heterocycles. The highest BCUT2D eigenvalue weighted by atomic mass is 35.5. The van der Waals surface area contributed by atoms with Gasteiger partial charge in [-0.2, -0.15) is 0 Å². The van der Waals surface area contributed by atoms with E-state index < -0.39 is 42.3 Å². The van der Waals surface area contributed by atoms with Gasteiger partial charge in [0.2, 0.25) is 17.7 Å². The van der Waals surface area contributed by atoms with Crippen LogP contribution in [0.2, 0.25) is 10.0 Å². The number of fused-ring (bicyclic) bond motifs is 2. The highest BCUT2D eigenvalue weighted by Crippen LogP contribution is 2.47. The minimum Gasteiger partial charge on any atom is -0.404 e. The Morgan fingerprint density at radius 1 is 1.23 bits per heavy atom. The number of rotatable bonds is 7. The van der Waals surface area contributed by atoms with Crippen LogP contribution in [0.3, 0.4) is 0 Å². The van der Waals surface area contributed by atoms with Gasteiger partial charge in [0.05, 0.1) is 46.6 Å². The van der Waals surface area contributed by atoms with Crippen molar-refractivity contribution in [3.63, 3.8) is 0 Å². The molecule has 35 heavy (non-hydrogen) atoms. The summed E-state index contributed by atoms with van der Waals surface area (Å²) in [5.41, 5.74) is -0.569. The second-order valence-electron chi connectivity index (χ2n) is 10.0. The molecule has 0 spiro atoms. The first kappa shape index (κ1) is 25.9. The molecule has 1 aromatic rings. The molecule has 1 aromatic carbocycles. The zero-order valence-corrected chi connectivity index (χ0v) is 21.2. The number of imide groups is 1. The largest absolute Gasteiger partial charge is 0.481 e. The van der Waals surface area contributed by atoms with E-state index in [0.29, 0.717) is 24.3 Å². The molecule has 3 aliphatic rings. The van der Waals surface area contributed by atoms with E-state index in [1.54, 1.807) is 6.07 Å². The van der Waals surface area contributed by atoms with Crippen molar-refractivity contribution < 1.29 is 28.5 Å². The van der Waals surface area contributed by atoms with E-state index in [-0.39, 0.29) is 41.0 Å². The molecule has 4 unspecified atom stereocenters. The van der Waals surface area contributed by atoms with Crippen molar-refractivity contribution >= 4 is 53.9 Å². The number of amides is 4. The number of benzene rings is 1. The Morgan fingerprint density at radius 2 is 1.94 bits per heavy atom. The van der Waals surface area contributed by atoms with Crippen LogP contribution in [0.25, 0.3) is 0 Å². The van der Waals surface area contributed by atoms with Crippen LogP contribution < -0.4 is 16.0 Å². The van der Waals surface area contributed by atoms with Crippen LogP contribution in [0.4, 0.5) is 0 Å². The monoisotopic (exact) mass is 523 g/mol. The molecule has 12 heteroatoms. The summed E-state index contributed by atoms with van der Waals surface area (Å²) in [5, 5.41) is 8.44. The molecular formula is C23H28BCl2N3O6. The van der Waals surface area contributed by atoms with Crippen LogP contribution in [0.1, 0.15) is 50.4 Å². The van der Waals surface area contributed by atoms with Gasteiger partial charge in [0.15, 0.2) is 0 Å². The zero-order valence-electron chi connectivity index (χ0n) is 19.7. The summed E-state index contributed by atoms with van der Waals surface area (Å²) in [4.78, 5) is 49.5. The normalized spacial score (nSPS) is 28.4. The number of nitrogens with one attached hydrogen (secondary N) is 3. The smallest absolute Gasteiger partial charge is 0.404 e. The standard InChI is InChI=1S/C23H28BCl2N3O6/c1-11(2)6-18(28-19(30)10-27-20(31)14-7-12(25)4-5-16(14)26)24-34-17-8-13-15(9-23(17,3)35-24)22(33)29-21(13)32/h4-5,7,11,13,15,17-18H,6,8-10H2,1-3H3,(H,27,31)(H,28,30)(H,29,32,33)/t13?,15?,17?,18-,23?/m0/s1. The number of halogens is 2. The molecule has 0 aromatic heterocycles. The van der Waals surface area contributed by atoms with E-state index in [4.69, 9.17) is 32.5 Å². The fourth-order valence-electron chi connectivity index (χ4n) is 5.11. The predicted molar refractivity (Wildman–Crippen MR) is 130 cm³/mol. The molecule has 0 radical (unpaired) electrons. The molecule has 9 nitrogen and oxygen atoms in total. The summed E-state index contributed by atoms with van der Waals surface area (Å²) in [6.45, 7) is 5.63. The van der Waals surface area contributed by atoms with Crippen LogP contribution in [-0.2, 0) is 23.7 Å². The highest BCUT2D eigenvalue weighted by Gasteiger charge is 2.60. The highest BCUT2D eigenvalue weighted by molar-refractivity contribution is 6.48. The second-order valence-corrected chi connectivity index (χ2v) is 10.9. The third-order valence-corrected chi connectivity index (χ3v) is 7.41. The first-order valence-electron chi connectivity index (χ1n) is 11.7. The Labute approximate surface area is 214 Å². The van der Waals surface area contributed by atoms with Gasteiger partial charge in [-0.1, -0.05) is 37.0 Å². The van der Waals surface area contributed by atoms with Gasteiger partial charge in [0.25, 0.3) is 5.91 Å². The van der Waals surface area contributed by atoms with Gasteiger partial charge in [0.1, 0.15) is 0 Å². The maximum absolute atomic E-state index is 12.7. The Balaban J connectivity index is 1.39. The molecular weight excluding hydrogens is 496 g/mol. The molecule has 0 bridgehead atoms. The molecule has 3 fully saturated rings. The molecule has 2 heterocycles. The van der Waals surface area contributed by atoms with E-state index >= 15 is 0 Å². The predicted octanol–water partition coefficient (Wildman–Crippen LogP) is 2.14. The molecule has 188 valence electrons. The van der Waals surface area contributed by atoms with Crippen molar-refractivity contribution in [1.82, 2.24) is 16.0 Å². The van der Waals surface area contributed by atoms with Crippen molar-refractivity contribution in [2.24, 2.45) is 17.8 Å². The Hall–Kier alpha value is -2.14. The summed E-state index contributed by atoms with van der Waals surface area (Å²) in [7, 11) is -0.744. The first-order valence-corrected chi connectivity index (χ1v) is 12.4. The fourth-order valence-corrected chi connectivity index (χ4v) is 5.49. The van der Waals surface area contributed by atoms with Gasteiger partial charge in [0, 0.05) is 5.02 Å². The Morgan fingerprint density at radius 3 is 2.66 bits per heavy atom. The fraction of sp³-hybridized carbons (Fsp3) is 0.565. The lowest BCUT2D eigenvalue weighted by Crippen LogP contribution is -2.51. The average Bonchev–Trinajstić information content (AvgIpc) is 3.26. The lowest BCUT2D eigenvalue weighted by Gasteiger charge is -2.38. The van der Waals surface area contributed by atoms with Gasteiger partial charge in [-0.15, -0.1) is 0 Å². The summed E-state index contributed by atoms with van der Waals surface area (Å²) >= 11 is 12.0. The van der Waals surface area contributed by atoms with Crippen LogP contribution in [-0.4, -0.2) is 54.9 Å². The van der Waals surface area contributed by atoms with Crippen LogP contribution in [0.15, 0.2) is 18.2 Å². The molecule has 1 saturated carbocycles. The van der Waals surface area contributed by atoms with E-state index in [0.717, 1.165) is 0 Å². The van der Waals surface area contributed by atoms with Crippen molar-refractivity contribution in [1.29, 1.82) is 0 Å². The van der Waals surface area contributed by atoms with E-state index in [1.165, 1.54) is 12.1 Å². The van der Waals surface area contributed by atoms with E-state index in [2.05, 4.69) is 16.0 Å². The maximum Gasteiger partial charge on any atom is 0.481 e. The van der Waals surface area contributed by atoms with Gasteiger partial charge in [-0.05, 0) is 50.3 Å². The van der Waals surface area contributed by atoms with Gasteiger partial charge in [-0.25, -0.2) is 0 Å². The third kappa shape index (κ3) is 5.50. The lowest BCUT2D eigenvalue weighted by atomic mass is 9.71. The Bertz CT molecular complexity index is 1060. The first-order chi connectivity index (χ1) is 16.5. The quantitative estimate of drug-likeness (QED) is 0.371. The number of hydrogen-bond acceptors (Lipinski definition) is 6. The summed E-state index contributed by atoms with van der Waals surface area (Å²) in [6, 6.07) is 4.51. The maximum atomic E-state index is 12.7. The van der Waals surface area contributed by atoms with Crippen molar-refractivity contribution in [2.75, 3.05) is 6.54 Å². The van der Waals surface area contributed by atoms with Gasteiger partial charge >= 0.3 is 7.12 Å². The zero-order chi connectivity index (χ0) is 25.5. The summed E-state index contributed by atoms with van der Waals surface area (Å²) in [5.74, 6) is -2.59. The minimum atomic E-state index is -0.745. The molecule has 4 amide bonds. The second kappa shape index (κ2) is 10.1. The third-order valence-electron chi connectivity index (χ3n) is 6.85. The van der Waals surface area contributed by atoms with Crippen LogP contribution in [0, 0.1) is 17.8 Å². The molecule has 2 saturated heterocycles. The molecule has 1 aliphatic carbocycles. The molecule has 5 atom stereocenters. The number of hydrogen-bond donors (Lipinski definition) is 3. The minimum absolute atomic E-state index is 0.175. The molecule has 3 N–H and O–H groups in total.